The van der Waals surface area contributed by atoms with Gasteiger partial charge in [-0.3, -0.25) is 9.97 Å². The molecule has 3 aromatic rings. The van der Waals surface area contributed by atoms with E-state index in [0.717, 1.165) is 6.07 Å². The standard InChI is InChI=1S/C18H15F3N2O/c1-10(2)16-15(24)7-13(9-22-16)12-6-11-4-3-5-14(18(19,20)21)17(11)23-8-12/h3-10,24H,1-2H3. The van der Waals surface area contributed by atoms with Gasteiger partial charge < -0.3 is 5.11 Å². The van der Waals surface area contributed by atoms with Gasteiger partial charge in [-0.15, -0.1) is 0 Å². The molecule has 0 bridgehead atoms. The first-order valence-electron chi connectivity index (χ1n) is 7.42. The Kier molecular flexibility index (Phi) is 3.91. The van der Waals surface area contributed by atoms with E-state index in [9.17, 15) is 18.3 Å². The highest BCUT2D eigenvalue weighted by molar-refractivity contribution is 5.86. The number of para-hydroxylation sites is 1. The van der Waals surface area contributed by atoms with Crippen LogP contribution in [0.1, 0.15) is 31.0 Å². The van der Waals surface area contributed by atoms with Crippen molar-refractivity contribution >= 4 is 10.9 Å². The van der Waals surface area contributed by atoms with Crippen molar-refractivity contribution in [2.24, 2.45) is 0 Å². The summed E-state index contributed by atoms with van der Waals surface area (Å²) in [6.07, 6.45) is -1.50. The number of alkyl halides is 3. The van der Waals surface area contributed by atoms with Crippen molar-refractivity contribution in [3.8, 4) is 16.9 Å². The monoisotopic (exact) mass is 332 g/mol. The normalized spacial score (nSPS) is 12.1. The zero-order valence-electron chi connectivity index (χ0n) is 13.1. The van der Waals surface area contributed by atoms with Crippen LogP contribution in [0.3, 0.4) is 0 Å². The van der Waals surface area contributed by atoms with Gasteiger partial charge in [-0.05, 0) is 24.1 Å². The number of hydrogen-bond donors (Lipinski definition) is 1. The third-order valence-electron chi connectivity index (χ3n) is 3.79. The summed E-state index contributed by atoms with van der Waals surface area (Å²) in [6, 6.07) is 7.12. The molecule has 0 fully saturated rings. The zero-order valence-corrected chi connectivity index (χ0v) is 13.1. The molecule has 24 heavy (non-hydrogen) atoms. The molecule has 0 saturated carbocycles. The minimum atomic E-state index is -4.45. The van der Waals surface area contributed by atoms with Gasteiger partial charge >= 0.3 is 6.18 Å². The van der Waals surface area contributed by atoms with Crippen molar-refractivity contribution in [1.29, 1.82) is 0 Å². The smallest absolute Gasteiger partial charge is 0.418 e. The van der Waals surface area contributed by atoms with Gasteiger partial charge in [-0.2, -0.15) is 13.2 Å². The van der Waals surface area contributed by atoms with E-state index in [2.05, 4.69) is 9.97 Å². The van der Waals surface area contributed by atoms with E-state index in [-0.39, 0.29) is 17.2 Å². The number of benzene rings is 1. The zero-order chi connectivity index (χ0) is 17.5. The Morgan fingerprint density at radius 1 is 1.00 bits per heavy atom. The summed E-state index contributed by atoms with van der Waals surface area (Å²) < 4.78 is 39.1. The number of rotatable bonds is 2. The van der Waals surface area contributed by atoms with Gasteiger partial charge in [0.1, 0.15) is 5.75 Å². The second-order valence-electron chi connectivity index (χ2n) is 5.88. The van der Waals surface area contributed by atoms with Gasteiger partial charge in [0, 0.05) is 28.9 Å². The van der Waals surface area contributed by atoms with Crippen LogP contribution in [0.4, 0.5) is 13.2 Å². The molecule has 0 unspecified atom stereocenters. The second kappa shape index (κ2) is 5.78. The average molecular weight is 332 g/mol. The first-order chi connectivity index (χ1) is 11.3. The van der Waals surface area contributed by atoms with Crippen LogP contribution in [0.15, 0.2) is 42.7 Å². The van der Waals surface area contributed by atoms with E-state index in [4.69, 9.17) is 0 Å². The Hall–Kier alpha value is -2.63. The van der Waals surface area contributed by atoms with Gasteiger partial charge in [0.25, 0.3) is 0 Å². The number of halogens is 3. The lowest BCUT2D eigenvalue weighted by atomic mass is 10.0. The lowest BCUT2D eigenvalue weighted by Crippen LogP contribution is -2.06. The lowest BCUT2D eigenvalue weighted by Gasteiger charge is -2.11. The molecule has 0 radical (unpaired) electrons. The van der Waals surface area contributed by atoms with E-state index in [0.29, 0.717) is 22.2 Å². The van der Waals surface area contributed by atoms with Gasteiger partial charge in [-0.1, -0.05) is 26.0 Å². The van der Waals surface area contributed by atoms with Crippen molar-refractivity contribution < 1.29 is 18.3 Å². The number of pyridine rings is 2. The number of aromatic nitrogens is 2. The Morgan fingerprint density at radius 2 is 1.67 bits per heavy atom. The van der Waals surface area contributed by atoms with E-state index < -0.39 is 11.7 Å². The summed E-state index contributed by atoms with van der Waals surface area (Å²) in [4.78, 5) is 8.21. The first kappa shape index (κ1) is 16.2. The summed E-state index contributed by atoms with van der Waals surface area (Å²) >= 11 is 0. The fourth-order valence-corrected chi connectivity index (χ4v) is 2.61. The second-order valence-corrected chi connectivity index (χ2v) is 5.88. The molecular formula is C18H15F3N2O. The molecule has 0 spiro atoms. The number of aromatic hydroxyl groups is 1. The van der Waals surface area contributed by atoms with Crippen LogP contribution in [-0.4, -0.2) is 15.1 Å². The maximum Gasteiger partial charge on any atom is 0.418 e. The molecule has 124 valence electrons. The Bertz CT molecular complexity index is 904. The summed E-state index contributed by atoms with van der Waals surface area (Å²) in [5, 5.41) is 10.4. The van der Waals surface area contributed by atoms with Crippen molar-refractivity contribution in [1.82, 2.24) is 9.97 Å². The summed E-state index contributed by atoms with van der Waals surface area (Å²) in [7, 11) is 0. The van der Waals surface area contributed by atoms with E-state index in [1.807, 2.05) is 13.8 Å². The molecule has 0 aliphatic carbocycles. The van der Waals surface area contributed by atoms with Gasteiger partial charge in [-0.25, -0.2) is 0 Å². The predicted octanol–water partition coefficient (Wildman–Crippen LogP) is 5.14. The van der Waals surface area contributed by atoms with Crippen LogP contribution >= 0.6 is 0 Å². The molecule has 6 heteroatoms. The fourth-order valence-electron chi connectivity index (χ4n) is 2.61. The van der Waals surface area contributed by atoms with E-state index in [1.165, 1.54) is 12.3 Å². The van der Waals surface area contributed by atoms with Crippen LogP contribution < -0.4 is 0 Å². The molecule has 2 heterocycles. The van der Waals surface area contributed by atoms with Crippen LogP contribution in [0.5, 0.6) is 5.75 Å². The maximum atomic E-state index is 13.0. The summed E-state index contributed by atoms with van der Waals surface area (Å²) in [6.45, 7) is 3.83. The molecule has 0 aliphatic rings. The van der Waals surface area contributed by atoms with Crippen LogP contribution in [0.25, 0.3) is 22.0 Å². The molecule has 1 aromatic carbocycles. The van der Waals surface area contributed by atoms with Crippen molar-refractivity contribution in [3.63, 3.8) is 0 Å². The van der Waals surface area contributed by atoms with Crippen molar-refractivity contribution in [2.75, 3.05) is 0 Å². The molecule has 0 aliphatic heterocycles. The highest BCUT2D eigenvalue weighted by Gasteiger charge is 2.33. The SMILES string of the molecule is CC(C)c1ncc(-c2cnc3c(C(F)(F)F)cccc3c2)cc1O. The first-order valence-corrected chi connectivity index (χ1v) is 7.42. The lowest BCUT2D eigenvalue weighted by molar-refractivity contribution is -0.136. The molecule has 3 nitrogen and oxygen atoms in total. The fraction of sp³-hybridized carbons (Fsp3) is 0.222. The minimum Gasteiger partial charge on any atom is -0.506 e. The van der Waals surface area contributed by atoms with Crippen molar-refractivity contribution in [3.05, 3.63) is 54.0 Å². The third kappa shape index (κ3) is 2.91. The van der Waals surface area contributed by atoms with Crippen LogP contribution in [0.2, 0.25) is 0 Å². The van der Waals surface area contributed by atoms with E-state index in [1.54, 1.807) is 24.4 Å². The Balaban J connectivity index is 2.11. The summed E-state index contributed by atoms with van der Waals surface area (Å²) in [5.41, 5.74) is 0.919. The van der Waals surface area contributed by atoms with Crippen molar-refractivity contribution in [2.45, 2.75) is 25.9 Å². The molecule has 1 N–H and O–H groups in total. The maximum absolute atomic E-state index is 13.0. The average Bonchev–Trinajstić information content (AvgIpc) is 2.52. The number of fused-ring (bicyclic) bond motifs is 1. The quantitative estimate of drug-likeness (QED) is 0.706. The highest BCUT2D eigenvalue weighted by atomic mass is 19.4. The molecule has 0 amide bonds. The summed E-state index contributed by atoms with van der Waals surface area (Å²) in [5.74, 6) is 0.134. The minimum absolute atomic E-state index is 0.0617. The number of hydrogen-bond acceptors (Lipinski definition) is 3. The highest BCUT2D eigenvalue weighted by Crippen LogP contribution is 2.35. The van der Waals surface area contributed by atoms with Crippen LogP contribution in [-0.2, 0) is 6.18 Å². The topological polar surface area (TPSA) is 46.0 Å². The molecule has 0 saturated heterocycles. The molecule has 0 atom stereocenters. The van der Waals surface area contributed by atoms with Gasteiger partial charge in [0.05, 0.1) is 16.8 Å². The van der Waals surface area contributed by atoms with Gasteiger partial charge in [0.2, 0.25) is 0 Å². The molecular weight excluding hydrogens is 317 g/mol. The third-order valence-corrected chi connectivity index (χ3v) is 3.79. The van der Waals surface area contributed by atoms with E-state index >= 15 is 0 Å². The predicted molar refractivity (Wildman–Crippen MR) is 85.7 cm³/mol. The van der Waals surface area contributed by atoms with Gasteiger partial charge in [0.15, 0.2) is 0 Å². The Labute approximate surface area is 136 Å². The largest absolute Gasteiger partial charge is 0.506 e. The number of nitrogens with zero attached hydrogens (tertiary/aromatic N) is 2. The molecule has 2 aromatic heterocycles. The molecule has 3 rings (SSSR count). The van der Waals surface area contributed by atoms with Crippen LogP contribution in [0, 0.1) is 0 Å². The Morgan fingerprint density at radius 3 is 2.29 bits per heavy atom.